The largest absolute Gasteiger partial charge is 0.483 e. The highest BCUT2D eigenvalue weighted by Gasteiger charge is 2.37. The van der Waals surface area contributed by atoms with Crippen molar-refractivity contribution in [2.75, 3.05) is 18.5 Å². The maximum Gasteiger partial charge on any atom is 0.338 e. The van der Waals surface area contributed by atoms with E-state index in [2.05, 4.69) is 5.32 Å². The molecule has 0 bridgehead atoms. The molecule has 0 spiro atoms. The van der Waals surface area contributed by atoms with Crippen LogP contribution in [0, 0.1) is 11.3 Å². The molecule has 2 aromatic rings. The predicted molar refractivity (Wildman–Crippen MR) is 127 cm³/mol. The van der Waals surface area contributed by atoms with Gasteiger partial charge in [0.15, 0.2) is 6.61 Å². The van der Waals surface area contributed by atoms with Gasteiger partial charge in [0.25, 0.3) is 5.91 Å². The summed E-state index contributed by atoms with van der Waals surface area (Å²) in [7, 11) is 0. The van der Waals surface area contributed by atoms with Crippen molar-refractivity contribution in [3.05, 3.63) is 80.9 Å². The molecule has 10 heteroatoms. The lowest BCUT2D eigenvalue weighted by molar-refractivity contribution is -0.139. The van der Waals surface area contributed by atoms with Gasteiger partial charge in [-0.15, -0.1) is 0 Å². The van der Waals surface area contributed by atoms with Gasteiger partial charge in [-0.25, -0.2) is 4.79 Å². The highest BCUT2D eigenvalue weighted by Crippen LogP contribution is 2.43. The Labute approximate surface area is 206 Å². The molecular weight excluding hydrogens is 481 g/mol. The van der Waals surface area contributed by atoms with Crippen LogP contribution in [0.4, 0.5) is 5.69 Å². The van der Waals surface area contributed by atoms with Gasteiger partial charge in [-0.2, -0.15) is 5.26 Å². The second kappa shape index (κ2) is 11.0. The zero-order valence-corrected chi connectivity index (χ0v) is 19.9. The first-order chi connectivity index (χ1) is 16.3. The Hall–Kier alpha value is -3.67. The molecule has 1 amide bonds. The third-order valence-electron chi connectivity index (χ3n) is 4.89. The number of ether oxygens (including phenoxy) is 3. The second-order valence-corrected chi connectivity index (χ2v) is 7.96. The third kappa shape index (κ3) is 5.45. The van der Waals surface area contributed by atoms with Crippen LogP contribution < -0.4 is 15.8 Å². The molecule has 0 saturated carbocycles. The number of carbonyl (C=O) groups excluding carboxylic acids is 2. The summed E-state index contributed by atoms with van der Waals surface area (Å²) in [4.78, 5) is 25.2. The minimum Gasteiger partial charge on any atom is -0.483 e. The smallest absolute Gasteiger partial charge is 0.338 e. The number of hydrogen-bond acceptors (Lipinski definition) is 7. The number of nitrogens with one attached hydrogen (secondary N) is 1. The quantitative estimate of drug-likeness (QED) is 0.528. The molecule has 34 heavy (non-hydrogen) atoms. The molecule has 3 rings (SSSR count). The first-order valence-corrected chi connectivity index (χ1v) is 10.9. The molecule has 0 radical (unpaired) electrons. The van der Waals surface area contributed by atoms with Crippen molar-refractivity contribution in [2.24, 2.45) is 5.73 Å². The van der Waals surface area contributed by atoms with Crippen LogP contribution in [0.15, 0.2) is 65.3 Å². The monoisotopic (exact) mass is 501 g/mol. The average Bonchev–Trinajstić information content (AvgIpc) is 2.79. The maximum atomic E-state index is 12.7. The van der Waals surface area contributed by atoms with Crippen LogP contribution in [-0.4, -0.2) is 25.1 Å². The van der Waals surface area contributed by atoms with Gasteiger partial charge in [0.2, 0.25) is 5.88 Å². The van der Waals surface area contributed by atoms with E-state index in [-0.39, 0.29) is 46.8 Å². The molecule has 1 aliphatic heterocycles. The number of rotatable bonds is 7. The van der Waals surface area contributed by atoms with Gasteiger partial charge in [0.1, 0.15) is 23.2 Å². The minimum atomic E-state index is -0.900. The van der Waals surface area contributed by atoms with Crippen molar-refractivity contribution in [2.45, 2.75) is 19.8 Å². The molecule has 176 valence electrons. The fourth-order valence-corrected chi connectivity index (χ4v) is 3.89. The number of nitrogens with two attached hydrogens (primary N) is 1. The molecule has 1 aliphatic rings. The van der Waals surface area contributed by atoms with Gasteiger partial charge < -0.3 is 25.3 Å². The molecule has 1 heterocycles. The van der Waals surface area contributed by atoms with E-state index in [9.17, 15) is 14.9 Å². The Bertz CT molecular complexity index is 1230. The summed E-state index contributed by atoms with van der Waals surface area (Å²) in [5, 5.41) is 13.1. The fourth-order valence-electron chi connectivity index (χ4n) is 3.44. The zero-order valence-electron chi connectivity index (χ0n) is 18.4. The summed E-state index contributed by atoms with van der Waals surface area (Å²) >= 11 is 12.0. The van der Waals surface area contributed by atoms with Crippen molar-refractivity contribution in [1.82, 2.24) is 0 Å². The van der Waals surface area contributed by atoms with E-state index in [1.807, 2.05) is 6.07 Å². The first kappa shape index (κ1) is 25.0. The minimum absolute atomic E-state index is 0.0297. The number of nitrogens with zero attached hydrogens (tertiary/aromatic N) is 1. The van der Waals surface area contributed by atoms with E-state index in [1.54, 1.807) is 50.2 Å². The van der Waals surface area contributed by atoms with E-state index in [0.29, 0.717) is 16.3 Å². The topological polar surface area (TPSA) is 124 Å². The van der Waals surface area contributed by atoms with E-state index in [4.69, 9.17) is 43.1 Å². The normalized spacial score (nSPS) is 15.3. The van der Waals surface area contributed by atoms with Crippen LogP contribution in [-0.2, 0) is 19.1 Å². The number of nitriles is 1. The lowest BCUT2D eigenvalue weighted by Gasteiger charge is -2.28. The molecule has 8 nitrogen and oxygen atoms in total. The molecule has 0 saturated heterocycles. The summed E-state index contributed by atoms with van der Waals surface area (Å²) in [6.45, 7) is 3.00. The Morgan fingerprint density at radius 3 is 2.65 bits per heavy atom. The van der Waals surface area contributed by atoms with Crippen LogP contribution in [0.5, 0.6) is 5.75 Å². The highest BCUT2D eigenvalue weighted by atomic mass is 35.5. The predicted octanol–water partition coefficient (Wildman–Crippen LogP) is 4.66. The lowest BCUT2D eigenvalue weighted by Crippen LogP contribution is -2.26. The van der Waals surface area contributed by atoms with Crippen molar-refractivity contribution < 1.29 is 23.8 Å². The van der Waals surface area contributed by atoms with Gasteiger partial charge in [-0.1, -0.05) is 41.4 Å². The number of carbonyl (C=O) groups is 2. The van der Waals surface area contributed by atoms with E-state index in [0.717, 1.165) is 0 Å². The number of halogens is 2. The van der Waals surface area contributed by atoms with E-state index in [1.165, 1.54) is 6.07 Å². The van der Waals surface area contributed by atoms with Gasteiger partial charge >= 0.3 is 5.97 Å². The molecule has 0 aromatic heterocycles. The molecule has 0 aliphatic carbocycles. The molecule has 2 aromatic carbocycles. The van der Waals surface area contributed by atoms with Crippen LogP contribution in [0.1, 0.15) is 25.3 Å². The number of allylic oxidation sites excluding steroid dienone is 2. The standard InChI is InChI=1S/C24H21Cl2N3O5/c1-3-32-24(31)21-13(2)34-23(28)16(11-27)22(21)15-6-4-5-7-19(15)33-12-20(30)29-18-9-8-14(25)10-17(18)26/h4-10,22H,3,12,28H2,1-2H3,(H,29,30). The summed E-state index contributed by atoms with van der Waals surface area (Å²) in [5.41, 5.74) is 6.93. The number of benzene rings is 2. The lowest BCUT2D eigenvalue weighted by atomic mass is 9.82. The van der Waals surface area contributed by atoms with Crippen LogP contribution in [0.2, 0.25) is 10.0 Å². The maximum absolute atomic E-state index is 12.7. The summed E-state index contributed by atoms with van der Waals surface area (Å²) in [6.07, 6.45) is 0. The van der Waals surface area contributed by atoms with Crippen molar-refractivity contribution in [1.29, 1.82) is 5.26 Å². The van der Waals surface area contributed by atoms with Crippen LogP contribution in [0.25, 0.3) is 0 Å². The Kier molecular flexibility index (Phi) is 8.05. The Balaban J connectivity index is 1.90. The van der Waals surface area contributed by atoms with Gasteiger partial charge in [0.05, 0.1) is 28.8 Å². The highest BCUT2D eigenvalue weighted by molar-refractivity contribution is 6.36. The van der Waals surface area contributed by atoms with Crippen LogP contribution >= 0.6 is 23.2 Å². The molecule has 1 unspecified atom stereocenters. The Morgan fingerprint density at radius 1 is 1.24 bits per heavy atom. The summed E-state index contributed by atoms with van der Waals surface area (Å²) in [5.74, 6) is -1.65. The first-order valence-electron chi connectivity index (χ1n) is 10.2. The average molecular weight is 502 g/mol. The van der Waals surface area contributed by atoms with Gasteiger partial charge in [-0.3, -0.25) is 4.79 Å². The SMILES string of the molecule is CCOC(=O)C1=C(C)OC(N)=C(C#N)C1c1ccccc1OCC(=O)Nc1ccc(Cl)cc1Cl. The molecule has 3 N–H and O–H groups in total. The fraction of sp³-hybridized carbons (Fsp3) is 0.208. The molecular formula is C24H21Cl2N3O5. The van der Waals surface area contributed by atoms with Crippen molar-refractivity contribution >= 4 is 40.8 Å². The van der Waals surface area contributed by atoms with Crippen molar-refractivity contribution in [3.8, 4) is 11.8 Å². The van der Waals surface area contributed by atoms with E-state index >= 15 is 0 Å². The van der Waals surface area contributed by atoms with E-state index < -0.39 is 17.8 Å². The summed E-state index contributed by atoms with van der Waals surface area (Å²) in [6, 6.07) is 13.4. The van der Waals surface area contributed by atoms with Crippen molar-refractivity contribution in [3.63, 3.8) is 0 Å². The second-order valence-electron chi connectivity index (χ2n) is 7.11. The zero-order chi connectivity index (χ0) is 24.8. The summed E-state index contributed by atoms with van der Waals surface area (Å²) < 4.78 is 16.4. The van der Waals surface area contributed by atoms with Gasteiger partial charge in [-0.05, 0) is 38.1 Å². The Morgan fingerprint density at radius 2 is 1.97 bits per heavy atom. The third-order valence-corrected chi connectivity index (χ3v) is 5.44. The number of hydrogen-bond donors (Lipinski definition) is 2. The van der Waals surface area contributed by atoms with Gasteiger partial charge in [0, 0.05) is 10.6 Å². The molecule has 1 atom stereocenters. The van der Waals surface area contributed by atoms with Crippen LogP contribution in [0.3, 0.4) is 0 Å². The number of anilines is 1. The molecule has 0 fully saturated rings. The number of esters is 1. The number of para-hydroxylation sites is 1. The number of amides is 1.